The van der Waals surface area contributed by atoms with Crippen LogP contribution in [-0.4, -0.2) is 31.7 Å². The molecule has 1 atom stereocenters. The van der Waals surface area contributed by atoms with Gasteiger partial charge in [-0.05, 0) is 24.7 Å². The van der Waals surface area contributed by atoms with Crippen LogP contribution in [0, 0.1) is 5.41 Å². The van der Waals surface area contributed by atoms with Gasteiger partial charge in [-0.3, -0.25) is 4.79 Å². The van der Waals surface area contributed by atoms with Gasteiger partial charge in [-0.25, -0.2) is 0 Å². The molecule has 88 valence electrons. The van der Waals surface area contributed by atoms with Crippen molar-refractivity contribution in [3.05, 3.63) is 0 Å². The molecule has 1 aliphatic rings. The van der Waals surface area contributed by atoms with Crippen LogP contribution in [0.5, 0.6) is 0 Å². The quantitative estimate of drug-likeness (QED) is 0.638. The molecular weight excluding hydrogens is 192 g/mol. The standard InChI is InChI=1S/C11H22N2O2/c1-11(2)4-3-9(7-11)13-5-6-15-8-10(12)14/h9,13H,3-8H2,1-2H3,(H2,12,14). The van der Waals surface area contributed by atoms with Crippen LogP contribution in [0.2, 0.25) is 0 Å². The zero-order valence-corrected chi connectivity index (χ0v) is 9.71. The van der Waals surface area contributed by atoms with Crippen LogP contribution in [0.25, 0.3) is 0 Å². The monoisotopic (exact) mass is 214 g/mol. The second-order valence-electron chi connectivity index (χ2n) is 5.08. The summed E-state index contributed by atoms with van der Waals surface area (Å²) >= 11 is 0. The van der Waals surface area contributed by atoms with Gasteiger partial charge in [0.2, 0.25) is 5.91 Å². The summed E-state index contributed by atoms with van der Waals surface area (Å²) in [5, 5.41) is 3.43. The summed E-state index contributed by atoms with van der Waals surface area (Å²) in [4.78, 5) is 10.4. The molecule has 1 aliphatic carbocycles. The van der Waals surface area contributed by atoms with Crippen LogP contribution in [0.15, 0.2) is 0 Å². The Kier molecular flexibility index (Phi) is 4.54. The minimum atomic E-state index is -0.406. The minimum Gasteiger partial charge on any atom is -0.370 e. The van der Waals surface area contributed by atoms with Gasteiger partial charge in [0, 0.05) is 12.6 Å². The predicted molar refractivity (Wildman–Crippen MR) is 59.4 cm³/mol. The van der Waals surface area contributed by atoms with E-state index in [1.807, 2.05) is 0 Å². The van der Waals surface area contributed by atoms with E-state index in [4.69, 9.17) is 10.5 Å². The van der Waals surface area contributed by atoms with E-state index < -0.39 is 5.91 Å². The summed E-state index contributed by atoms with van der Waals surface area (Å²) in [5.74, 6) is -0.406. The van der Waals surface area contributed by atoms with Crippen LogP contribution in [0.1, 0.15) is 33.1 Å². The fourth-order valence-corrected chi connectivity index (χ4v) is 2.12. The Bertz CT molecular complexity index is 217. The summed E-state index contributed by atoms with van der Waals surface area (Å²) in [6, 6.07) is 0.608. The molecule has 15 heavy (non-hydrogen) atoms. The summed E-state index contributed by atoms with van der Waals surface area (Å²) in [5.41, 5.74) is 5.43. The molecule has 0 saturated heterocycles. The van der Waals surface area contributed by atoms with Crippen molar-refractivity contribution in [1.29, 1.82) is 0 Å². The first kappa shape index (κ1) is 12.5. The van der Waals surface area contributed by atoms with Gasteiger partial charge in [0.05, 0.1) is 6.61 Å². The smallest absolute Gasteiger partial charge is 0.243 e. The van der Waals surface area contributed by atoms with Gasteiger partial charge in [-0.15, -0.1) is 0 Å². The van der Waals surface area contributed by atoms with Gasteiger partial charge >= 0.3 is 0 Å². The van der Waals surface area contributed by atoms with Crippen molar-refractivity contribution in [3.63, 3.8) is 0 Å². The van der Waals surface area contributed by atoms with Gasteiger partial charge < -0.3 is 15.8 Å². The second-order valence-corrected chi connectivity index (χ2v) is 5.08. The van der Waals surface area contributed by atoms with E-state index >= 15 is 0 Å². The van der Waals surface area contributed by atoms with E-state index in [0.29, 0.717) is 18.1 Å². The summed E-state index contributed by atoms with van der Waals surface area (Å²) < 4.78 is 5.07. The maximum atomic E-state index is 10.4. The van der Waals surface area contributed by atoms with Crippen LogP contribution in [0.3, 0.4) is 0 Å². The molecule has 3 N–H and O–H groups in total. The van der Waals surface area contributed by atoms with Crippen LogP contribution in [-0.2, 0) is 9.53 Å². The predicted octanol–water partition coefficient (Wildman–Crippen LogP) is 0.657. The van der Waals surface area contributed by atoms with Crippen molar-refractivity contribution in [2.45, 2.75) is 39.2 Å². The van der Waals surface area contributed by atoms with E-state index in [-0.39, 0.29) is 6.61 Å². The Labute approximate surface area is 91.5 Å². The van der Waals surface area contributed by atoms with Gasteiger partial charge in [0.15, 0.2) is 0 Å². The van der Waals surface area contributed by atoms with Crippen LogP contribution in [0.4, 0.5) is 0 Å². The number of nitrogens with one attached hydrogen (secondary N) is 1. The van der Waals surface area contributed by atoms with Gasteiger partial charge in [0.1, 0.15) is 6.61 Å². The Morgan fingerprint density at radius 3 is 2.87 bits per heavy atom. The third-order valence-electron chi connectivity index (χ3n) is 2.89. The molecule has 0 spiro atoms. The van der Waals surface area contributed by atoms with E-state index in [0.717, 1.165) is 6.54 Å². The van der Waals surface area contributed by atoms with Gasteiger partial charge in [-0.1, -0.05) is 13.8 Å². The normalized spacial score (nSPS) is 24.3. The average molecular weight is 214 g/mol. The average Bonchev–Trinajstić information content (AvgIpc) is 2.44. The Morgan fingerprint density at radius 2 is 2.33 bits per heavy atom. The van der Waals surface area contributed by atoms with E-state index in [9.17, 15) is 4.79 Å². The zero-order chi connectivity index (χ0) is 11.3. The highest BCUT2D eigenvalue weighted by Crippen LogP contribution is 2.36. The highest BCUT2D eigenvalue weighted by Gasteiger charge is 2.30. The summed E-state index contributed by atoms with van der Waals surface area (Å²) in [6.07, 6.45) is 3.75. The SMILES string of the molecule is CC1(C)CCC(NCCOCC(N)=O)C1. The highest BCUT2D eigenvalue weighted by atomic mass is 16.5. The Balaban J connectivity index is 1.99. The number of rotatable bonds is 6. The van der Waals surface area contributed by atoms with Crippen LogP contribution >= 0.6 is 0 Å². The number of amides is 1. The molecule has 0 aromatic heterocycles. The first-order chi connectivity index (χ1) is 6.99. The third kappa shape index (κ3) is 5.14. The lowest BCUT2D eigenvalue weighted by Crippen LogP contribution is -2.31. The molecular formula is C11H22N2O2. The first-order valence-electron chi connectivity index (χ1n) is 5.59. The van der Waals surface area contributed by atoms with Crippen LogP contribution < -0.4 is 11.1 Å². The van der Waals surface area contributed by atoms with Crippen molar-refractivity contribution in [3.8, 4) is 0 Å². The van der Waals surface area contributed by atoms with Gasteiger partial charge in [-0.2, -0.15) is 0 Å². The molecule has 1 rings (SSSR count). The number of hydrogen-bond donors (Lipinski definition) is 2. The van der Waals surface area contributed by atoms with E-state index in [1.165, 1.54) is 19.3 Å². The molecule has 0 aromatic rings. The zero-order valence-electron chi connectivity index (χ0n) is 9.71. The van der Waals surface area contributed by atoms with Crippen molar-refractivity contribution >= 4 is 5.91 Å². The Hall–Kier alpha value is -0.610. The lowest BCUT2D eigenvalue weighted by atomic mass is 9.92. The molecule has 0 aliphatic heterocycles. The number of hydrogen-bond acceptors (Lipinski definition) is 3. The molecule has 0 bridgehead atoms. The maximum absolute atomic E-state index is 10.4. The van der Waals surface area contributed by atoms with Crippen molar-refractivity contribution < 1.29 is 9.53 Å². The highest BCUT2D eigenvalue weighted by molar-refractivity contribution is 5.74. The maximum Gasteiger partial charge on any atom is 0.243 e. The molecule has 0 radical (unpaired) electrons. The molecule has 1 amide bonds. The van der Waals surface area contributed by atoms with Crippen molar-refractivity contribution in [2.24, 2.45) is 11.1 Å². The summed E-state index contributed by atoms with van der Waals surface area (Å²) in [6.45, 7) is 5.99. The molecule has 4 heteroatoms. The number of carbonyl (C=O) groups excluding carboxylic acids is 1. The minimum absolute atomic E-state index is 0.0256. The topological polar surface area (TPSA) is 64.3 Å². The fraction of sp³-hybridized carbons (Fsp3) is 0.909. The lowest BCUT2D eigenvalue weighted by molar-refractivity contribution is -0.122. The van der Waals surface area contributed by atoms with Crippen molar-refractivity contribution in [2.75, 3.05) is 19.8 Å². The number of carbonyl (C=O) groups is 1. The molecule has 1 unspecified atom stereocenters. The molecule has 4 nitrogen and oxygen atoms in total. The molecule has 0 heterocycles. The first-order valence-corrected chi connectivity index (χ1v) is 5.59. The van der Waals surface area contributed by atoms with E-state index in [1.54, 1.807) is 0 Å². The number of primary amides is 1. The fourth-order valence-electron chi connectivity index (χ4n) is 2.12. The molecule has 1 fully saturated rings. The molecule has 0 aromatic carbocycles. The number of ether oxygens (including phenoxy) is 1. The van der Waals surface area contributed by atoms with Gasteiger partial charge in [0.25, 0.3) is 0 Å². The largest absolute Gasteiger partial charge is 0.370 e. The second kappa shape index (κ2) is 5.47. The van der Waals surface area contributed by atoms with Crippen molar-refractivity contribution in [1.82, 2.24) is 5.32 Å². The lowest BCUT2D eigenvalue weighted by Gasteiger charge is -2.17. The molecule has 1 saturated carbocycles. The van der Waals surface area contributed by atoms with E-state index in [2.05, 4.69) is 19.2 Å². The Morgan fingerprint density at radius 1 is 1.60 bits per heavy atom. The summed E-state index contributed by atoms with van der Waals surface area (Å²) in [7, 11) is 0. The number of nitrogens with two attached hydrogens (primary N) is 1. The third-order valence-corrected chi connectivity index (χ3v) is 2.89.